The molecule has 25 heavy (non-hydrogen) atoms. The molecular weight excluding hydrogens is 314 g/mol. The minimum Gasteiger partial charge on any atom is -0.394 e. The van der Waals surface area contributed by atoms with Crippen molar-refractivity contribution in [2.24, 2.45) is 10.9 Å². The highest BCUT2D eigenvalue weighted by Gasteiger charge is 2.44. The largest absolute Gasteiger partial charge is 0.394 e. The third-order valence-electron chi connectivity index (χ3n) is 5.04. The summed E-state index contributed by atoms with van der Waals surface area (Å²) in [5.74, 6) is 0.827. The Hall–Kier alpha value is -1.62. The molecule has 0 unspecified atom stereocenters. The van der Waals surface area contributed by atoms with Gasteiger partial charge in [0.1, 0.15) is 5.82 Å². The lowest BCUT2D eigenvalue weighted by molar-refractivity contribution is -0.118. The molecule has 0 aromatic rings. The van der Waals surface area contributed by atoms with Crippen LogP contribution in [0.5, 0.6) is 0 Å². The second-order valence-electron chi connectivity index (χ2n) is 8.26. The number of aliphatic hydroxyl groups excluding tert-OH is 1. The van der Waals surface area contributed by atoms with Crippen molar-refractivity contribution in [3.8, 4) is 0 Å². The molecule has 1 amide bonds. The van der Waals surface area contributed by atoms with Gasteiger partial charge < -0.3 is 15.7 Å². The van der Waals surface area contributed by atoms with Crippen LogP contribution in [-0.2, 0) is 4.79 Å². The summed E-state index contributed by atoms with van der Waals surface area (Å²) in [6.45, 7) is 12.2. The Morgan fingerprint density at radius 1 is 1.20 bits per heavy atom. The summed E-state index contributed by atoms with van der Waals surface area (Å²) in [5, 5.41) is 16.1. The monoisotopic (exact) mass is 347 g/mol. The molecule has 5 heteroatoms. The Morgan fingerprint density at radius 3 is 2.16 bits per heavy atom. The number of aliphatic imine (C=N–C) groups is 1. The Bertz CT molecular complexity index is 617. The van der Waals surface area contributed by atoms with Crippen molar-refractivity contribution < 1.29 is 9.90 Å². The molecule has 0 saturated heterocycles. The number of carbonyl (C=O) groups is 1. The average molecular weight is 348 g/mol. The lowest BCUT2D eigenvalue weighted by atomic mass is 9.90. The number of nitrogens with zero attached hydrogens (tertiary/aromatic N) is 1. The van der Waals surface area contributed by atoms with Crippen LogP contribution in [0.4, 0.5) is 0 Å². The van der Waals surface area contributed by atoms with Gasteiger partial charge in [0.15, 0.2) is 0 Å². The van der Waals surface area contributed by atoms with E-state index in [-0.39, 0.29) is 24.0 Å². The van der Waals surface area contributed by atoms with E-state index in [1.165, 1.54) is 0 Å². The molecule has 0 spiro atoms. The summed E-state index contributed by atoms with van der Waals surface area (Å²) in [6.07, 6.45) is 5.67. The summed E-state index contributed by atoms with van der Waals surface area (Å²) in [7, 11) is 0. The van der Waals surface area contributed by atoms with Crippen molar-refractivity contribution in [2.45, 2.75) is 78.3 Å². The van der Waals surface area contributed by atoms with Crippen molar-refractivity contribution in [1.29, 1.82) is 0 Å². The van der Waals surface area contributed by atoms with Gasteiger partial charge in [-0.3, -0.25) is 4.79 Å². The molecule has 2 aliphatic rings. The van der Waals surface area contributed by atoms with Crippen LogP contribution in [0.15, 0.2) is 27.5 Å². The molecule has 5 nitrogen and oxygen atoms in total. The number of aliphatic hydroxyl groups is 1. The molecule has 3 N–H and O–H groups in total. The molecule has 2 saturated carbocycles. The van der Waals surface area contributed by atoms with Gasteiger partial charge in [0.2, 0.25) is 0 Å². The van der Waals surface area contributed by atoms with Crippen molar-refractivity contribution >= 4 is 12.1 Å². The van der Waals surface area contributed by atoms with Crippen molar-refractivity contribution in [1.82, 2.24) is 10.6 Å². The van der Waals surface area contributed by atoms with Gasteiger partial charge in [0, 0.05) is 22.9 Å². The number of carbonyl (C=O) groups excluding carboxylic acids is 1. The van der Waals surface area contributed by atoms with Crippen LogP contribution in [0, 0.1) is 5.92 Å². The SMILES string of the molecule is CC=N/C(NC1(C)CC1)=C(/C(C(=O)NC1(CO)CC1)=C(C)C)C(C)C. The molecule has 140 valence electrons. The maximum Gasteiger partial charge on any atom is 0.252 e. The predicted octanol–water partition coefficient (Wildman–Crippen LogP) is 3.06. The van der Waals surface area contributed by atoms with E-state index >= 15 is 0 Å². The Morgan fingerprint density at radius 2 is 1.80 bits per heavy atom. The predicted molar refractivity (Wildman–Crippen MR) is 102 cm³/mol. The highest BCUT2D eigenvalue weighted by molar-refractivity contribution is 5.99. The summed E-state index contributed by atoms with van der Waals surface area (Å²) >= 11 is 0. The zero-order valence-electron chi connectivity index (χ0n) is 16.5. The molecule has 2 aliphatic carbocycles. The van der Waals surface area contributed by atoms with Gasteiger partial charge in [0.25, 0.3) is 5.91 Å². The standard InChI is InChI=1S/C20H33N3O2/c1-7-21-17(22-19(6)8-9-19)15(13(2)3)16(14(4)5)18(25)23-20(12-24)10-11-20/h7,13,22,24H,8-12H2,1-6H3,(H,23,25)/b17-15-,21-7?. The second kappa shape index (κ2) is 7.32. The van der Waals surface area contributed by atoms with E-state index in [1.54, 1.807) is 6.21 Å². The van der Waals surface area contributed by atoms with Crippen LogP contribution >= 0.6 is 0 Å². The minimum atomic E-state index is -0.427. The molecule has 0 aromatic carbocycles. The van der Waals surface area contributed by atoms with Gasteiger partial charge in [0.05, 0.1) is 12.1 Å². The van der Waals surface area contributed by atoms with E-state index in [0.29, 0.717) is 5.57 Å². The van der Waals surface area contributed by atoms with Crippen molar-refractivity contribution in [2.75, 3.05) is 6.61 Å². The molecule has 0 atom stereocenters. The van der Waals surface area contributed by atoms with Gasteiger partial charge >= 0.3 is 0 Å². The van der Waals surface area contributed by atoms with Crippen molar-refractivity contribution in [3.05, 3.63) is 22.5 Å². The Labute approximate surface area is 151 Å². The molecular formula is C20H33N3O2. The zero-order valence-corrected chi connectivity index (χ0v) is 16.5. The fourth-order valence-corrected chi connectivity index (χ4v) is 2.97. The molecule has 0 bridgehead atoms. The van der Waals surface area contributed by atoms with Crippen LogP contribution in [-0.4, -0.2) is 34.9 Å². The fraction of sp³-hybridized carbons (Fsp3) is 0.700. The highest BCUT2D eigenvalue weighted by atomic mass is 16.3. The lowest BCUT2D eigenvalue weighted by Crippen LogP contribution is -2.41. The van der Waals surface area contributed by atoms with Gasteiger partial charge in [-0.25, -0.2) is 4.99 Å². The smallest absolute Gasteiger partial charge is 0.252 e. The van der Waals surface area contributed by atoms with Gasteiger partial charge in [-0.2, -0.15) is 0 Å². The van der Waals surface area contributed by atoms with Crippen LogP contribution in [0.3, 0.4) is 0 Å². The first-order valence-electron chi connectivity index (χ1n) is 9.29. The third kappa shape index (κ3) is 4.72. The summed E-state index contributed by atoms with van der Waals surface area (Å²) in [5.41, 5.74) is 2.24. The number of nitrogens with one attached hydrogen (secondary N) is 2. The molecule has 2 fully saturated rings. The summed E-state index contributed by atoms with van der Waals surface area (Å²) in [6, 6.07) is 0. The first-order valence-corrected chi connectivity index (χ1v) is 9.29. The Balaban J connectivity index is 2.43. The molecule has 0 heterocycles. The Kier molecular flexibility index (Phi) is 5.77. The second-order valence-corrected chi connectivity index (χ2v) is 8.26. The molecule has 0 aromatic heterocycles. The molecule has 2 rings (SSSR count). The summed E-state index contributed by atoms with van der Waals surface area (Å²) < 4.78 is 0. The molecule has 0 aliphatic heterocycles. The minimum absolute atomic E-state index is 0.00814. The van der Waals surface area contributed by atoms with E-state index in [9.17, 15) is 9.90 Å². The van der Waals surface area contributed by atoms with Crippen LogP contribution in [0.2, 0.25) is 0 Å². The van der Waals surface area contributed by atoms with Gasteiger partial charge in [-0.1, -0.05) is 19.4 Å². The number of hydrogen-bond acceptors (Lipinski definition) is 4. The van der Waals surface area contributed by atoms with E-state index < -0.39 is 5.54 Å². The zero-order chi connectivity index (χ0) is 18.8. The van der Waals surface area contributed by atoms with E-state index in [2.05, 4.69) is 36.4 Å². The maximum absolute atomic E-state index is 13.0. The van der Waals surface area contributed by atoms with Crippen LogP contribution in [0.1, 0.15) is 67.2 Å². The topological polar surface area (TPSA) is 73.7 Å². The third-order valence-corrected chi connectivity index (χ3v) is 5.04. The van der Waals surface area contributed by atoms with Crippen LogP contribution in [0.25, 0.3) is 0 Å². The van der Waals surface area contributed by atoms with Crippen molar-refractivity contribution in [3.63, 3.8) is 0 Å². The summed E-state index contributed by atoms with van der Waals surface area (Å²) in [4.78, 5) is 17.6. The number of allylic oxidation sites excluding steroid dienone is 1. The molecule has 0 radical (unpaired) electrons. The highest BCUT2D eigenvalue weighted by Crippen LogP contribution is 2.38. The van der Waals surface area contributed by atoms with E-state index in [1.807, 2.05) is 20.8 Å². The lowest BCUT2D eigenvalue weighted by Gasteiger charge is -2.25. The number of hydrogen-bond donors (Lipinski definition) is 3. The van der Waals surface area contributed by atoms with Gasteiger partial charge in [-0.15, -0.1) is 0 Å². The van der Waals surface area contributed by atoms with E-state index in [4.69, 9.17) is 0 Å². The first kappa shape index (κ1) is 19.7. The van der Waals surface area contributed by atoms with Crippen LogP contribution < -0.4 is 10.6 Å². The number of rotatable bonds is 8. The van der Waals surface area contributed by atoms with Gasteiger partial charge in [-0.05, 0) is 59.3 Å². The maximum atomic E-state index is 13.0. The average Bonchev–Trinajstić information content (AvgIpc) is 3.43. The normalized spacial score (nSPS) is 21.0. The first-order chi connectivity index (χ1) is 11.7. The van der Waals surface area contributed by atoms with E-state index in [0.717, 1.165) is 42.7 Å². The quantitative estimate of drug-likeness (QED) is 0.359. The fourth-order valence-electron chi connectivity index (χ4n) is 2.97. The number of amides is 1.